The van der Waals surface area contributed by atoms with Crippen molar-refractivity contribution in [2.75, 3.05) is 27.9 Å². The van der Waals surface area contributed by atoms with Gasteiger partial charge < -0.3 is 58.7 Å². The van der Waals surface area contributed by atoms with Crippen LogP contribution in [0.5, 0.6) is 0 Å². The molecule has 3 aliphatic heterocycles. The number of cyclic esters (lactones) is 1. The van der Waals surface area contributed by atoms with E-state index in [-0.39, 0.29) is 24.9 Å². The predicted octanol–water partition coefficient (Wildman–Crippen LogP) is 4.41. The van der Waals surface area contributed by atoms with E-state index in [0.717, 1.165) is 22.3 Å². The molecular formula is C44H70O13. The fourth-order valence-electron chi connectivity index (χ4n) is 7.79. The number of carbonyl (C=O) groups excluding carboxylic acids is 1. The molecule has 0 aromatic rings. The van der Waals surface area contributed by atoms with Crippen LogP contribution >= 0.6 is 0 Å². The molecule has 5 N–H and O–H groups in total. The van der Waals surface area contributed by atoms with E-state index in [1.54, 1.807) is 19.9 Å². The lowest BCUT2D eigenvalue weighted by atomic mass is 9.88. The van der Waals surface area contributed by atoms with Crippen molar-refractivity contribution in [3.63, 3.8) is 0 Å². The van der Waals surface area contributed by atoms with Gasteiger partial charge >= 0.3 is 5.97 Å². The zero-order chi connectivity index (χ0) is 42.6. The van der Waals surface area contributed by atoms with Gasteiger partial charge in [0.1, 0.15) is 36.6 Å². The molecule has 15 atom stereocenters. The van der Waals surface area contributed by atoms with Gasteiger partial charge in [-0.1, -0.05) is 67.0 Å². The Balaban J connectivity index is 1.96. The maximum Gasteiger partial charge on any atom is 0.334 e. The van der Waals surface area contributed by atoms with Crippen LogP contribution < -0.4 is 0 Å². The number of rotatable bonds is 10. The second-order valence-corrected chi connectivity index (χ2v) is 16.1. The Morgan fingerprint density at radius 3 is 2.21 bits per heavy atom. The van der Waals surface area contributed by atoms with Crippen LogP contribution in [0.15, 0.2) is 70.4 Å². The average Bonchev–Trinajstić information content (AvgIpc) is 3.14. The van der Waals surface area contributed by atoms with E-state index in [1.165, 1.54) is 21.3 Å². The fourth-order valence-corrected chi connectivity index (χ4v) is 7.79. The van der Waals surface area contributed by atoms with Crippen LogP contribution in [-0.4, -0.2) is 139 Å². The molecule has 0 aromatic heterocycles. The third kappa shape index (κ3) is 14.3. The summed E-state index contributed by atoms with van der Waals surface area (Å²) in [6.45, 7) is 15.1. The molecule has 13 nitrogen and oxygen atoms in total. The number of allylic oxidation sites excluding steroid dienone is 7. The van der Waals surface area contributed by atoms with Crippen molar-refractivity contribution >= 4 is 5.97 Å². The van der Waals surface area contributed by atoms with Gasteiger partial charge in [0.25, 0.3) is 0 Å². The molecule has 324 valence electrons. The molecule has 0 spiro atoms. The van der Waals surface area contributed by atoms with Crippen LogP contribution in [0.1, 0.15) is 81.1 Å². The highest BCUT2D eigenvalue weighted by Crippen LogP contribution is 2.32. The largest absolute Gasteiger partial charge is 0.456 e. The topological polar surface area (TPSA) is 183 Å². The number of ether oxygens (including phenoxy) is 7. The number of carbonyl (C=O) groups is 1. The molecule has 1 saturated heterocycles. The van der Waals surface area contributed by atoms with E-state index < -0.39 is 85.5 Å². The van der Waals surface area contributed by atoms with Gasteiger partial charge in [0, 0.05) is 51.6 Å². The van der Waals surface area contributed by atoms with Crippen molar-refractivity contribution in [3.05, 3.63) is 70.4 Å². The Labute approximate surface area is 339 Å². The lowest BCUT2D eigenvalue weighted by Gasteiger charge is -2.41. The van der Waals surface area contributed by atoms with Gasteiger partial charge in [-0.3, -0.25) is 0 Å². The molecule has 3 aliphatic rings. The highest BCUT2D eigenvalue weighted by molar-refractivity contribution is 5.88. The smallest absolute Gasteiger partial charge is 0.334 e. The summed E-state index contributed by atoms with van der Waals surface area (Å²) in [7, 11) is 4.44. The zero-order valence-corrected chi connectivity index (χ0v) is 35.7. The lowest BCUT2D eigenvalue weighted by molar-refractivity contribution is -0.305. The minimum Gasteiger partial charge on any atom is -0.456 e. The molecule has 1 fully saturated rings. The van der Waals surface area contributed by atoms with Crippen LogP contribution in [0.25, 0.3) is 0 Å². The summed E-state index contributed by atoms with van der Waals surface area (Å²) in [4.78, 5) is 13.7. The van der Waals surface area contributed by atoms with Gasteiger partial charge in [0.05, 0.1) is 43.2 Å². The molecule has 13 heteroatoms. The standard InChI is InChI=1S/C44H70O13/c1-24-13-12-14-33(46)36(52-10)22-37(38(47)41-29(6)20-28(5)35(55-41)21-32(45)23-51-9)56-43(50)30(7)19-26(3)17-25(2)18-27(4)34(16-15-24)57-44-40(49)39(48)42(53-11)31(8)54-44/h13,15-20,27-28,31-42,44-49H,12,14,21-23H2,1-11H3/b16-15+,24-13+,25-18+,26-17+,30-19+/t27-,28-,31?,32-,33+,34-,35-,36+,37?,38-,39+,40+,41?,42+,44+/m1/s1. The molecule has 0 aromatic carbocycles. The number of hydrogen-bond donors (Lipinski definition) is 5. The Bertz CT molecular complexity index is 1470. The van der Waals surface area contributed by atoms with Gasteiger partial charge in [-0.25, -0.2) is 4.79 Å². The van der Waals surface area contributed by atoms with Crippen LogP contribution in [0.2, 0.25) is 0 Å². The second kappa shape index (κ2) is 23.3. The van der Waals surface area contributed by atoms with Crippen molar-refractivity contribution in [1.29, 1.82) is 0 Å². The summed E-state index contributed by atoms with van der Waals surface area (Å²) < 4.78 is 40.9. The lowest BCUT2D eigenvalue weighted by Crippen LogP contribution is -2.58. The number of aliphatic hydroxyl groups excluding tert-OH is 5. The first-order chi connectivity index (χ1) is 26.9. The SMILES string of the molecule is COC[C@H](O)C[C@H]1OC([C@H](O)C2C[C@H](OC)[C@@H](O)CC/C=C(C)/C=C/[C@@H](O[C@@H]3OC(C)[C@H](OC)[C@@H](O)[C@@H]3O)[C@H](C)/C=C(C)/C=C(C)/C=C(\C)C(=O)O2)C(C)=C[C@H]1C. The minimum absolute atomic E-state index is 0.0127. The van der Waals surface area contributed by atoms with Gasteiger partial charge in [-0.2, -0.15) is 0 Å². The van der Waals surface area contributed by atoms with Gasteiger partial charge in [0.2, 0.25) is 0 Å². The average molecular weight is 807 g/mol. The molecule has 3 heterocycles. The monoisotopic (exact) mass is 806 g/mol. The number of aliphatic hydroxyl groups is 5. The maximum atomic E-state index is 13.7. The third-order valence-corrected chi connectivity index (χ3v) is 11.0. The second-order valence-electron chi connectivity index (χ2n) is 16.1. The summed E-state index contributed by atoms with van der Waals surface area (Å²) in [6, 6.07) is 0. The van der Waals surface area contributed by atoms with E-state index in [0.29, 0.717) is 24.8 Å². The summed E-state index contributed by atoms with van der Waals surface area (Å²) in [6.07, 6.45) is 2.84. The van der Waals surface area contributed by atoms with Crippen molar-refractivity contribution < 1.29 is 63.5 Å². The van der Waals surface area contributed by atoms with E-state index in [9.17, 15) is 30.3 Å². The predicted molar refractivity (Wildman–Crippen MR) is 216 cm³/mol. The van der Waals surface area contributed by atoms with E-state index in [2.05, 4.69) is 0 Å². The van der Waals surface area contributed by atoms with Gasteiger partial charge in [0.15, 0.2) is 6.29 Å². The molecular weight excluding hydrogens is 736 g/mol. The van der Waals surface area contributed by atoms with Crippen molar-refractivity contribution in [2.45, 2.75) is 161 Å². The van der Waals surface area contributed by atoms with E-state index >= 15 is 0 Å². The molecule has 0 aliphatic carbocycles. The quantitative estimate of drug-likeness (QED) is 0.155. The van der Waals surface area contributed by atoms with E-state index in [1.807, 2.05) is 78.0 Å². The number of hydrogen-bond acceptors (Lipinski definition) is 13. The Morgan fingerprint density at radius 1 is 0.860 bits per heavy atom. The summed E-state index contributed by atoms with van der Waals surface area (Å²) in [5.41, 5.74) is 3.62. The molecule has 0 radical (unpaired) electrons. The van der Waals surface area contributed by atoms with Gasteiger partial charge in [-0.05, 0) is 66.0 Å². The normalized spacial score (nSPS) is 41.0. The summed E-state index contributed by atoms with van der Waals surface area (Å²) in [5.74, 6) is -0.909. The first kappa shape index (κ1) is 48.8. The van der Waals surface area contributed by atoms with Crippen molar-refractivity contribution in [2.24, 2.45) is 11.8 Å². The minimum atomic E-state index is -1.34. The fraction of sp³-hybridized carbons (Fsp3) is 0.705. The highest BCUT2D eigenvalue weighted by atomic mass is 16.7. The first-order valence-electron chi connectivity index (χ1n) is 20.1. The Morgan fingerprint density at radius 2 is 1.56 bits per heavy atom. The molecule has 57 heavy (non-hydrogen) atoms. The van der Waals surface area contributed by atoms with Crippen molar-refractivity contribution in [1.82, 2.24) is 0 Å². The Kier molecular flexibility index (Phi) is 20.0. The number of methoxy groups -OCH3 is 3. The van der Waals surface area contributed by atoms with Gasteiger partial charge in [-0.15, -0.1) is 0 Å². The first-order valence-corrected chi connectivity index (χ1v) is 20.1. The molecule has 0 amide bonds. The molecule has 0 saturated carbocycles. The highest BCUT2D eigenvalue weighted by Gasteiger charge is 2.45. The third-order valence-electron chi connectivity index (χ3n) is 11.0. The van der Waals surface area contributed by atoms with E-state index in [4.69, 9.17) is 33.2 Å². The molecule has 3 unspecified atom stereocenters. The van der Waals surface area contributed by atoms with Crippen LogP contribution in [0.3, 0.4) is 0 Å². The number of esters is 1. The van der Waals surface area contributed by atoms with Crippen LogP contribution in [-0.2, 0) is 38.0 Å². The zero-order valence-electron chi connectivity index (χ0n) is 35.7. The molecule has 3 rings (SSSR count). The summed E-state index contributed by atoms with van der Waals surface area (Å²) >= 11 is 0. The maximum absolute atomic E-state index is 13.7. The van der Waals surface area contributed by atoms with Crippen LogP contribution in [0, 0.1) is 11.8 Å². The van der Waals surface area contributed by atoms with Crippen molar-refractivity contribution in [3.8, 4) is 0 Å². The summed E-state index contributed by atoms with van der Waals surface area (Å²) in [5, 5.41) is 55.3. The Hall–Kier alpha value is -2.53. The molecule has 0 bridgehead atoms. The van der Waals surface area contributed by atoms with Crippen LogP contribution in [0.4, 0.5) is 0 Å².